The maximum Gasteiger partial charge on any atom is 0.328 e. The van der Waals surface area contributed by atoms with Crippen molar-refractivity contribution in [1.29, 1.82) is 0 Å². The SMILES string of the molecule is O=C(O)/C=C/c1cccnc1C(=O)Nc1nncs1. The molecule has 7 nitrogen and oxygen atoms in total. The Morgan fingerprint density at radius 3 is 2.95 bits per heavy atom. The third kappa shape index (κ3) is 3.42. The topological polar surface area (TPSA) is 105 Å². The molecule has 0 atom stereocenters. The summed E-state index contributed by atoms with van der Waals surface area (Å²) in [5.74, 6) is -1.57. The van der Waals surface area contributed by atoms with E-state index in [1.807, 2.05) is 0 Å². The number of hydrogen-bond donors (Lipinski definition) is 2. The van der Waals surface area contributed by atoms with E-state index in [9.17, 15) is 9.59 Å². The number of pyridine rings is 1. The smallest absolute Gasteiger partial charge is 0.328 e. The van der Waals surface area contributed by atoms with Crippen molar-refractivity contribution in [3.63, 3.8) is 0 Å². The highest BCUT2D eigenvalue weighted by molar-refractivity contribution is 7.13. The zero-order chi connectivity index (χ0) is 13.7. The van der Waals surface area contributed by atoms with Crippen LogP contribution in [0.25, 0.3) is 6.08 Å². The summed E-state index contributed by atoms with van der Waals surface area (Å²) in [7, 11) is 0. The number of hydrogen-bond acceptors (Lipinski definition) is 6. The predicted molar refractivity (Wildman–Crippen MR) is 68.8 cm³/mol. The Hall–Kier alpha value is -2.61. The highest BCUT2D eigenvalue weighted by Gasteiger charge is 2.12. The van der Waals surface area contributed by atoms with Gasteiger partial charge in [-0.15, -0.1) is 10.2 Å². The maximum atomic E-state index is 12.0. The number of carbonyl (C=O) groups is 2. The van der Waals surface area contributed by atoms with E-state index in [-0.39, 0.29) is 5.69 Å². The maximum absolute atomic E-state index is 12.0. The molecule has 2 aromatic heterocycles. The van der Waals surface area contributed by atoms with Gasteiger partial charge in [-0.05, 0) is 12.1 Å². The first-order valence-electron chi connectivity index (χ1n) is 5.10. The standard InChI is InChI=1S/C11H8N4O3S/c16-8(17)4-3-7-2-1-5-12-9(7)10(18)14-11-15-13-6-19-11/h1-6H,(H,16,17)(H,14,15,18)/b4-3+. The van der Waals surface area contributed by atoms with Crippen LogP contribution in [0, 0.1) is 0 Å². The van der Waals surface area contributed by atoms with E-state index >= 15 is 0 Å². The number of aromatic nitrogens is 3. The second kappa shape index (κ2) is 5.83. The molecule has 0 saturated heterocycles. The number of amides is 1. The Labute approximate surface area is 111 Å². The summed E-state index contributed by atoms with van der Waals surface area (Å²) in [6.07, 6.45) is 3.70. The number of nitrogens with one attached hydrogen (secondary N) is 1. The highest BCUT2D eigenvalue weighted by Crippen LogP contribution is 2.13. The van der Waals surface area contributed by atoms with Crippen LogP contribution in [0.3, 0.4) is 0 Å². The Morgan fingerprint density at radius 1 is 1.42 bits per heavy atom. The summed E-state index contributed by atoms with van der Waals surface area (Å²) >= 11 is 1.18. The fourth-order valence-electron chi connectivity index (χ4n) is 1.29. The molecule has 0 aliphatic heterocycles. The van der Waals surface area contributed by atoms with Crippen molar-refractivity contribution in [3.05, 3.63) is 41.2 Å². The summed E-state index contributed by atoms with van der Waals surface area (Å²) in [5.41, 5.74) is 2.02. The molecule has 0 aliphatic carbocycles. The highest BCUT2D eigenvalue weighted by atomic mass is 32.1. The van der Waals surface area contributed by atoms with Gasteiger partial charge in [-0.3, -0.25) is 15.1 Å². The van der Waals surface area contributed by atoms with Gasteiger partial charge in [0, 0.05) is 17.8 Å². The van der Waals surface area contributed by atoms with E-state index in [0.29, 0.717) is 10.7 Å². The summed E-state index contributed by atoms with van der Waals surface area (Å²) in [6, 6.07) is 3.21. The lowest BCUT2D eigenvalue weighted by Gasteiger charge is -2.03. The largest absolute Gasteiger partial charge is 0.478 e. The van der Waals surface area contributed by atoms with Crippen molar-refractivity contribution in [3.8, 4) is 0 Å². The first-order chi connectivity index (χ1) is 9.16. The minimum absolute atomic E-state index is 0.121. The van der Waals surface area contributed by atoms with Gasteiger partial charge in [0.25, 0.3) is 5.91 Å². The molecule has 0 unspecified atom stereocenters. The van der Waals surface area contributed by atoms with Gasteiger partial charge in [0.1, 0.15) is 11.2 Å². The molecule has 0 aromatic carbocycles. The number of anilines is 1. The van der Waals surface area contributed by atoms with Crippen molar-refractivity contribution in [2.75, 3.05) is 5.32 Å². The molecule has 0 saturated carbocycles. The van der Waals surface area contributed by atoms with Gasteiger partial charge in [0.05, 0.1) is 0 Å². The quantitative estimate of drug-likeness (QED) is 0.815. The fraction of sp³-hybridized carbons (Fsp3) is 0. The Kier molecular flexibility index (Phi) is 3.94. The van der Waals surface area contributed by atoms with Gasteiger partial charge in [-0.25, -0.2) is 4.79 Å². The first kappa shape index (κ1) is 12.8. The molecule has 1 amide bonds. The molecular formula is C11H8N4O3S. The number of nitrogens with zero attached hydrogens (tertiary/aromatic N) is 3. The normalized spacial score (nSPS) is 10.5. The van der Waals surface area contributed by atoms with Crippen molar-refractivity contribution in [2.24, 2.45) is 0 Å². The average Bonchev–Trinajstić information content (AvgIpc) is 2.89. The second-order valence-electron chi connectivity index (χ2n) is 3.31. The van der Waals surface area contributed by atoms with Gasteiger partial charge >= 0.3 is 5.97 Å². The van der Waals surface area contributed by atoms with Crippen LogP contribution in [-0.4, -0.2) is 32.2 Å². The van der Waals surface area contributed by atoms with Crippen LogP contribution in [0.2, 0.25) is 0 Å². The molecule has 19 heavy (non-hydrogen) atoms. The summed E-state index contributed by atoms with van der Waals surface area (Å²) in [6.45, 7) is 0. The molecule has 8 heteroatoms. The van der Waals surface area contributed by atoms with Gasteiger partial charge < -0.3 is 5.11 Å². The lowest BCUT2D eigenvalue weighted by atomic mass is 10.1. The van der Waals surface area contributed by atoms with Gasteiger partial charge in [-0.1, -0.05) is 17.4 Å². The average molecular weight is 276 g/mol. The van der Waals surface area contributed by atoms with Crippen molar-refractivity contribution < 1.29 is 14.7 Å². The number of carbonyl (C=O) groups excluding carboxylic acids is 1. The van der Waals surface area contributed by atoms with Crippen LogP contribution in [0.15, 0.2) is 29.9 Å². The van der Waals surface area contributed by atoms with Crippen LogP contribution in [0.1, 0.15) is 16.1 Å². The van der Waals surface area contributed by atoms with Crippen LogP contribution in [0.5, 0.6) is 0 Å². The van der Waals surface area contributed by atoms with Crippen LogP contribution in [0.4, 0.5) is 5.13 Å². The summed E-state index contributed by atoms with van der Waals surface area (Å²) in [5, 5.41) is 18.7. The minimum Gasteiger partial charge on any atom is -0.478 e. The minimum atomic E-state index is -1.10. The molecular weight excluding hydrogens is 268 g/mol. The van der Waals surface area contributed by atoms with E-state index in [2.05, 4.69) is 20.5 Å². The van der Waals surface area contributed by atoms with Gasteiger partial charge in [-0.2, -0.15) is 0 Å². The molecule has 2 heterocycles. The fourth-order valence-corrected chi connectivity index (χ4v) is 1.73. The van der Waals surface area contributed by atoms with Crippen LogP contribution < -0.4 is 5.32 Å². The van der Waals surface area contributed by atoms with Crippen molar-refractivity contribution >= 4 is 34.4 Å². The molecule has 0 spiro atoms. The lowest BCUT2D eigenvalue weighted by Crippen LogP contribution is -2.15. The van der Waals surface area contributed by atoms with Gasteiger partial charge in [0.15, 0.2) is 0 Å². The molecule has 0 radical (unpaired) electrons. The first-order valence-corrected chi connectivity index (χ1v) is 5.98. The van der Waals surface area contributed by atoms with Crippen molar-refractivity contribution in [1.82, 2.24) is 15.2 Å². The van der Waals surface area contributed by atoms with E-state index in [4.69, 9.17) is 5.11 Å². The summed E-state index contributed by atoms with van der Waals surface area (Å²) in [4.78, 5) is 26.4. The zero-order valence-corrected chi connectivity index (χ0v) is 10.3. The van der Waals surface area contributed by atoms with E-state index in [0.717, 1.165) is 6.08 Å². The third-order valence-electron chi connectivity index (χ3n) is 2.04. The molecule has 2 rings (SSSR count). The zero-order valence-electron chi connectivity index (χ0n) is 9.48. The molecule has 0 bridgehead atoms. The molecule has 0 fully saturated rings. The molecule has 2 aromatic rings. The Morgan fingerprint density at radius 2 is 2.26 bits per heavy atom. The summed E-state index contributed by atoms with van der Waals surface area (Å²) < 4.78 is 0. The monoisotopic (exact) mass is 276 g/mol. The molecule has 0 aliphatic rings. The Bertz CT molecular complexity index is 625. The van der Waals surface area contributed by atoms with Crippen LogP contribution >= 0.6 is 11.3 Å². The number of aliphatic carboxylic acids is 1. The molecule has 2 N–H and O–H groups in total. The second-order valence-corrected chi connectivity index (χ2v) is 4.14. The third-order valence-corrected chi connectivity index (χ3v) is 2.65. The van der Waals surface area contributed by atoms with Gasteiger partial charge in [0.2, 0.25) is 5.13 Å². The van der Waals surface area contributed by atoms with Crippen molar-refractivity contribution in [2.45, 2.75) is 0 Å². The van der Waals surface area contributed by atoms with Crippen LogP contribution in [-0.2, 0) is 4.79 Å². The predicted octanol–water partition coefficient (Wildman–Crippen LogP) is 1.28. The van der Waals surface area contributed by atoms with E-state index in [1.165, 1.54) is 29.1 Å². The lowest BCUT2D eigenvalue weighted by molar-refractivity contribution is -0.131. The number of carboxylic acids is 1. The van der Waals surface area contributed by atoms with E-state index < -0.39 is 11.9 Å². The number of rotatable bonds is 4. The molecule has 96 valence electrons. The Balaban J connectivity index is 2.24. The van der Waals surface area contributed by atoms with E-state index in [1.54, 1.807) is 12.1 Å². The number of carboxylic acid groups (broad SMARTS) is 1.